The van der Waals surface area contributed by atoms with Crippen LogP contribution in [0, 0.1) is 5.92 Å². The minimum Gasteiger partial charge on any atom is -0.355 e. The number of carbonyl (C=O) groups excluding carboxylic acids is 2. The lowest BCUT2D eigenvalue weighted by molar-refractivity contribution is -0.139. The summed E-state index contributed by atoms with van der Waals surface area (Å²) >= 11 is 0. The maximum absolute atomic E-state index is 12.7. The molecular weight excluding hydrogens is 362 g/mol. The van der Waals surface area contributed by atoms with Crippen molar-refractivity contribution in [2.24, 2.45) is 5.92 Å². The number of hydrogen-bond acceptors (Lipinski definition) is 3. The number of hydrogen-bond donors (Lipinski definition) is 1. The van der Waals surface area contributed by atoms with Crippen LogP contribution >= 0.6 is 0 Å². The highest BCUT2D eigenvalue weighted by atomic mass is 16.2. The van der Waals surface area contributed by atoms with E-state index in [9.17, 15) is 9.59 Å². The van der Waals surface area contributed by atoms with Crippen LogP contribution in [0.3, 0.4) is 0 Å². The molecule has 1 spiro atoms. The van der Waals surface area contributed by atoms with Crippen molar-refractivity contribution in [1.29, 1.82) is 0 Å². The van der Waals surface area contributed by atoms with Gasteiger partial charge in [0, 0.05) is 38.5 Å². The Morgan fingerprint density at radius 2 is 1.90 bits per heavy atom. The Hall–Kier alpha value is -1.88. The quantitative estimate of drug-likeness (QED) is 0.803. The maximum Gasteiger partial charge on any atom is 0.225 e. The second kappa shape index (κ2) is 8.47. The van der Waals surface area contributed by atoms with Gasteiger partial charge >= 0.3 is 0 Å². The third kappa shape index (κ3) is 4.20. The molecule has 1 aromatic rings. The van der Waals surface area contributed by atoms with Gasteiger partial charge in [-0.15, -0.1) is 0 Å². The van der Waals surface area contributed by atoms with E-state index in [4.69, 9.17) is 0 Å². The first kappa shape index (κ1) is 20.4. The summed E-state index contributed by atoms with van der Waals surface area (Å²) in [4.78, 5) is 29.4. The number of nitrogens with zero attached hydrogens (tertiary/aromatic N) is 2. The predicted molar refractivity (Wildman–Crippen MR) is 115 cm³/mol. The first-order chi connectivity index (χ1) is 14.0. The summed E-state index contributed by atoms with van der Waals surface area (Å²) in [6, 6.07) is 8.71. The number of fused-ring (bicyclic) bond motifs is 2. The van der Waals surface area contributed by atoms with Crippen LogP contribution in [-0.4, -0.2) is 61.9 Å². The van der Waals surface area contributed by atoms with E-state index in [2.05, 4.69) is 39.4 Å². The van der Waals surface area contributed by atoms with E-state index in [0.29, 0.717) is 30.7 Å². The Labute approximate surface area is 174 Å². The van der Waals surface area contributed by atoms with Gasteiger partial charge in [-0.3, -0.25) is 9.59 Å². The molecule has 0 radical (unpaired) electrons. The molecule has 1 N–H and O–H groups in total. The molecular formula is C24H35N3O2. The molecule has 1 saturated carbocycles. The van der Waals surface area contributed by atoms with Gasteiger partial charge < -0.3 is 15.1 Å². The minimum absolute atomic E-state index is 0.140. The molecule has 0 bridgehead atoms. The first-order valence-corrected chi connectivity index (χ1v) is 11.3. The topological polar surface area (TPSA) is 52.7 Å². The van der Waals surface area contributed by atoms with E-state index < -0.39 is 0 Å². The van der Waals surface area contributed by atoms with Crippen molar-refractivity contribution in [3.63, 3.8) is 0 Å². The number of piperidine rings is 1. The normalized spacial score (nSPS) is 23.1. The molecule has 2 amide bonds. The Morgan fingerprint density at radius 1 is 1.17 bits per heavy atom. The van der Waals surface area contributed by atoms with Gasteiger partial charge in [0.1, 0.15) is 0 Å². The molecule has 1 aliphatic heterocycles. The molecule has 1 atom stereocenters. The van der Waals surface area contributed by atoms with Crippen LogP contribution in [0.25, 0.3) is 0 Å². The van der Waals surface area contributed by atoms with E-state index in [1.165, 1.54) is 17.5 Å². The van der Waals surface area contributed by atoms with Gasteiger partial charge in [-0.2, -0.15) is 0 Å². The molecule has 3 aliphatic rings. The Morgan fingerprint density at radius 3 is 2.55 bits per heavy atom. The van der Waals surface area contributed by atoms with Crippen molar-refractivity contribution in [2.45, 2.75) is 56.3 Å². The van der Waals surface area contributed by atoms with Crippen molar-refractivity contribution in [3.05, 3.63) is 35.4 Å². The van der Waals surface area contributed by atoms with Crippen molar-refractivity contribution in [3.8, 4) is 0 Å². The third-order valence-corrected chi connectivity index (χ3v) is 7.41. The van der Waals surface area contributed by atoms with Gasteiger partial charge in [-0.25, -0.2) is 0 Å². The van der Waals surface area contributed by atoms with Gasteiger partial charge in [0.2, 0.25) is 11.8 Å². The molecule has 2 fully saturated rings. The zero-order valence-electron chi connectivity index (χ0n) is 18.0. The molecule has 158 valence electrons. The summed E-state index contributed by atoms with van der Waals surface area (Å²) in [6.45, 7) is 3.29. The SMILES string of the molecule is CN(C)CCNC(=O)C[C@@H]1CC2(CCN(C(=O)C3CCC3)CC2)c2ccccc21. The number of benzene rings is 1. The summed E-state index contributed by atoms with van der Waals surface area (Å²) < 4.78 is 0. The van der Waals surface area contributed by atoms with Crippen molar-refractivity contribution < 1.29 is 9.59 Å². The number of carbonyl (C=O) groups is 2. The van der Waals surface area contributed by atoms with Gasteiger partial charge in [-0.1, -0.05) is 30.7 Å². The fourth-order valence-electron chi connectivity index (χ4n) is 5.47. The fraction of sp³-hybridized carbons (Fsp3) is 0.667. The van der Waals surface area contributed by atoms with Crippen LogP contribution in [0.5, 0.6) is 0 Å². The molecule has 0 aromatic heterocycles. The van der Waals surface area contributed by atoms with E-state index in [0.717, 1.165) is 51.7 Å². The summed E-state index contributed by atoms with van der Waals surface area (Å²) in [5.41, 5.74) is 2.93. The lowest BCUT2D eigenvalue weighted by Crippen LogP contribution is -2.47. The number of likely N-dealkylation sites (N-methyl/N-ethyl adjacent to an activating group) is 1. The van der Waals surface area contributed by atoms with Crippen molar-refractivity contribution in [1.82, 2.24) is 15.1 Å². The van der Waals surface area contributed by atoms with Gasteiger partial charge in [0.05, 0.1) is 0 Å². The summed E-state index contributed by atoms with van der Waals surface area (Å²) in [6.07, 6.45) is 7.03. The van der Waals surface area contributed by atoms with Crippen LogP contribution in [0.4, 0.5) is 0 Å². The number of amides is 2. The molecule has 29 heavy (non-hydrogen) atoms. The molecule has 1 heterocycles. The summed E-state index contributed by atoms with van der Waals surface area (Å²) in [5.74, 6) is 1.12. The van der Waals surface area contributed by atoms with Gasteiger partial charge in [0.15, 0.2) is 0 Å². The Bertz CT molecular complexity index is 748. The predicted octanol–water partition coefficient (Wildman–Crippen LogP) is 2.90. The average Bonchev–Trinajstić information content (AvgIpc) is 2.94. The molecule has 5 heteroatoms. The highest BCUT2D eigenvalue weighted by Gasteiger charge is 2.46. The van der Waals surface area contributed by atoms with Gasteiger partial charge in [-0.05, 0) is 68.7 Å². The van der Waals surface area contributed by atoms with Crippen molar-refractivity contribution in [2.75, 3.05) is 40.3 Å². The molecule has 0 unspecified atom stereocenters. The zero-order valence-corrected chi connectivity index (χ0v) is 18.0. The maximum atomic E-state index is 12.7. The van der Waals surface area contributed by atoms with Gasteiger partial charge in [0.25, 0.3) is 0 Å². The highest BCUT2D eigenvalue weighted by molar-refractivity contribution is 5.80. The average molecular weight is 398 g/mol. The van der Waals surface area contributed by atoms with E-state index in [-0.39, 0.29) is 11.3 Å². The van der Waals surface area contributed by atoms with E-state index in [1.807, 2.05) is 14.1 Å². The number of likely N-dealkylation sites (tertiary alicyclic amines) is 1. The Kier molecular flexibility index (Phi) is 5.95. The zero-order chi connectivity index (χ0) is 20.4. The second-order valence-corrected chi connectivity index (χ2v) is 9.58. The van der Waals surface area contributed by atoms with Crippen LogP contribution in [0.2, 0.25) is 0 Å². The summed E-state index contributed by atoms with van der Waals surface area (Å²) in [7, 11) is 4.04. The second-order valence-electron chi connectivity index (χ2n) is 9.58. The van der Waals surface area contributed by atoms with Crippen LogP contribution in [0.1, 0.15) is 62.0 Å². The lowest BCUT2D eigenvalue weighted by atomic mass is 9.72. The number of nitrogens with one attached hydrogen (secondary N) is 1. The Balaban J connectivity index is 1.40. The largest absolute Gasteiger partial charge is 0.355 e. The standard InChI is InChI=1S/C24H35N3O2/c1-26(2)15-12-25-22(28)16-19-17-24(21-9-4-3-8-20(19)21)10-13-27(14-11-24)23(29)18-6-5-7-18/h3-4,8-9,18-19H,5-7,10-17H2,1-2H3,(H,25,28)/t19-/m1/s1. The van der Waals surface area contributed by atoms with E-state index >= 15 is 0 Å². The van der Waals surface area contributed by atoms with Crippen LogP contribution < -0.4 is 5.32 Å². The fourth-order valence-corrected chi connectivity index (χ4v) is 5.47. The van der Waals surface area contributed by atoms with E-state index in [1.54, 1.807) is 0 Å². The monoisotopic (exact) mass is 397 g/mol. The van der Waals surface area contributed by atoms with Crippen molar-refractivity contribution >= 4 is 11.8 Å². The first-order valence-electron chi connectivity index (χ1n) is 11.3. The minimum atomic E-state index is 0.140. The molecule has 1 saturated heterocycles. The van der Waals surface area contributed by atoms with Crippen LogP contribution in [-0.2, 0) is 15.0 Å². The molecule has 1 aromatic carbocycles. The highest BCUT2D eigenvalue weighted by Crippen LogP contribution is 2.52. The summed E-state index contributed by atoms with van der Waals surface area (Å²) in [5, 5.41) is 3.08. The lowest BCUT2D eigenvalue weighted by Gasteiger charge is -2.42. The molecule has 5 nitrogen and oxygen atoms in total. The molecule has 2 aliphatic carbocycles. The third-order valence-electron chi connectivity index (χ3n) is 7.41. The number of rotatable bonds is 6. The molecule has 4 rings (SSSR count). The van der Waals surface area contributed by atoms with Crippen LogP contribution in [0.15, 0.2) is 24.3 Å². The smallest absolute Gasteiger partial charge is 0.225 e.